The number of ether oxygens (including phenoxy) is 2. The molecule has 0 aliphatic heterocycles. The number of rotatable bonds is 4. The Morgan fingerprint density at radius 2 is 1.94 bits per heavy atom. The largest absolute Gasteiger partial charge is 0.494 e. The van der Waals surface area contributed by atoms with Gasteiger partial charge in [0.25, 0.3) is 0 Å². The van der Waals surface area contributed by atoms with Gasteiger partial charge >= 0.3 is 5.97 Å². The van der Waals surface area contributed by atoms with Crippen molar-refractivity contribution in [3.63, 3.8) is 0 Å². The molecule has 1 atom stereocenters. The molecule has 1 aromatic carbocycles. The predicted molar refractivity (Wildman–Crippen MR) is 56.7 cm³/mol. The SMILES string of the molecule is CNC(C(=O)OC)c1cc(F)c(OC)cc1F. The molecule has 1 aromatic rings. The van der Waals surface area contributed by atoms with Gasteiger partial charge in [-0.15, -0.1) is 0 Å². The first kappa shape index (κ1) is 13.4. The summed E-state index contributed by atoms with van der Waals surface area (Å²) in [5, 5.41) is 2.55. The maximum absolute atomic E-state index is 13.7. The Kier molecular flexibility index (Phi) is 4.39. The number of halogens is 2. The minimum Gasteiger partial charge on any atom is -0.494 e. The fourth-order valence-electron chi connectivity index (χ4n) is 1.44. The fourth-order valence-corrected chi connectivity index (χ4v) is 1.44. The lowest BCUT2D eigenvalue weighted by atomic mass is 10.1. The van der Waals surface area contributed by atoms with Crippen LogP contribution in [-0.2, 0) is 9.53 Å². The Labute approximate surface area is 97.5 Å². The second-order valence-electron chi connectivity index (χ2n) is 3.25. The third-order valence-corrected chi connectivity index (χ3v) is 2.31. The van der Waals surface area contributed by atoms with Crippen molar-refractivity contribution in [1.29, 1.82) is 0 Å². The minimum absolute atomic E-state index is 0.127. The van der Waals surface area contributed by atoms with E-state index >= 15 is 0 Å². The van der Waals surface area contributed by atoms with Crippen molar-refractivity contribution in [2.24, 2.45) is 0 Å². The van der Waals surface area contributed by atoms with Crippen LogP contribution < -0.4 is 10.1 Å². The van der Waals surface area contributed by atoms with Gasteiger partial charge in [0.2, 0.25) is 0 Å². The van der Waals surface area contributed by atoms with E-state index in [9.17, 15) is 13.6 Å². The van der Waals surface area contributed by atoms with Crippen LogP contribution in [0.1, 0.15) is 11.6 Å². The molecule has 0 radical (unpaired) electrons. The number of esters is 1. The molecule has 4 nitrogen and oxygen atoms in total. The standard InChI is InChI=1S/C11H13F2NO3/c1-14-10(11(15)17-3)6-4-8(13)9(16-2)5-7(6)12/h4-5,10,14H,1-3H3. The third-order valence-electron chi connectivity index (χ3n) is 2.31. The molecule has 0 saturated carbocycles. The molecule has 1 unspecified atom stereocenters. The van der Waals surface area contributed by atoms with Gasteiger partial charge in [-0.2, -0.15) is 0 Å². The van der Waals surface area contributed by atoms with Gasteiger partial charge in [-0.1, -0.05) is 0 Å². The molecule has 17 heavy (non-hydrogen) atoms. The highest BCUT2D eigenvalue weighted by Gasteiger charge is 2.24. The Morgan fingerprint density at radius 1 is 1.29 bits per heavy atom. The Balaban J connectivity index is 3.21. The third kappa shape index (κ3) is 2.71. The average molecular weight is 245 g/mol. The number of benzene rings is 1. The summed E-state index contributed by atoms with van der Waals surface area (Å²) in [6.45, 7) is 0. The van der Waals surface area contributed by atoms with Gasteiger partial charge in [-0.25, -0.2) is 13.6 Å². The first-order chi connectivity index (χ1) is 8.04. The quantitative estimate of drug-likeness (QED) is 0.815. The lowest BCUT2D eigenvalue weighted by Crippen LogP contribution is -2.27. The lowest BCUT2D eigenvalue weighted by molar-refractivity contribution is -0.143. The van der Waals surface area contributed by atoms with Crippen LogP contribution in [0.5, 0.6) is 5.75 Å². The predicted octanol–water partition coefficient (Wildman–Crippen LogP) is 1.41. The van der Waals surface area contributed by atoms with Crippen LogP contribution in [0.3, 0.4) is 0 Å². The van der Waals surface area contributed by atoms with E-state index in [0.29, 0.717) is 0 Å². The molecule has 6 heteroatoms. The van der Waals surface area contributed by atoms with Crippen molar-refractivity contribution in [1.82, 2.24) is 5.32 Å². The molecule has 0 bridgehead atoms. The van der Waals surface area contributed by atoms with Crippen molar-refractivity contribution < 1.29 is 23.0 Å². The summed E-state index contributed by atoms with van der Waals surface area (Å²) < 4.78 is 36.2. The highest BCUT2D eigenvalue weighted by atomic mass is 19.1. The second kappa shape index (κ2) is 5.58. The van der Waals surface area contributed by atoms with E-state index in [1.807, 2.05) is 0 Å². The van der Waals surface area contributed by atoms with Gasteiger partial charge in [-0.3, -0.25) is 0 Å². The topological polar surface area (TPSA) is 47.6 Å². The summed E-state index contributed by atoms with van der Waals surface area (Å²) in [5.41, 5.74) is -0.127. The zero-order valence-corrected chi connectivity index (χ0v) is 9.71. The average Bonchev–Trinajstić information content (AvgIpc) is 2.33. The number of carbonyl (C=O) groups excluding carboxylic acids is 1. The summed E-state index contributed by atoms with van der Waals surface area (Å²) in [4.78, 5) is 11.4. The van der Waals surface area contributed by atoms with Crippen LogP contribution in [0.25, 0.3) is 0 Å². The smallest absolute Gasteiger partial charge is 0.327 e. The highest BCUT2D eigenvalue weighted by Crippen LogP contribution is 2.25. The summed E-state index contributed by atoms with van der Waals surface area (Å²) in [7, 11) is 3.85. The maximum Gasteiger partial charge on any atom is 0.327 e. The lowest BCUT2D eigenvalue weighted by Gasteiger charge is -2.15. The maximum atomic E-state index is 13.7. The number of carbonyl (C=O) groups is 1. The van der Waals surface area contributed by atoms with Gasteiger partial charge in [0.05, 0.1) is 14.2 Å². The zero-order chi connectivity index (χ0) is 13.0. The fraction of sp³-hybridized carbons (Fsp3) is 0.364. The van der Waals surface area contributed by atoms with Gasteiger partial charge in [0.15, 0.2) is 11.6 Å². The molecular formula is C11H13F2NO3. The second-order valence-corrected chi connectivity index (χ2v) is 3.25. The highest BCUT2D eigenvalue weighted by molar-refractivity contribution is 5.77. The van der Waals surface area contributed by atoms with Crippen molar-refractivity contribution in [3.05, 3.63) is 29.3 Å². The van der Waals surface area contributed by atoms with Crippen molar-refractivity contribution in [2.75, 3.05) is 21.3 Å². The van der Waals surface area contributed by atoms with Crippen LogP contribution >= 0.6 is 0 Å². The summed E-state index contributed by atoms with van der Waals surface area (Å²) in [5.74, 6) is -2.40. The Hall–Kier alpha value is -1.69. The van der Waals surface area contributed by atoms with E-state index in [4.69, 9.17) is 0 Å². The molecule has 0 aliphatic carbocycles. The molecular weight excluding hydrogens is 232 g/mol. The number of likely N-dealkylation sites (N-methyl/N-ethyl adjacent to an activating group) is 1. The molecule has 0 spiro atoms. The van der Waals surface area contributed by atoms with E-state index in [1.54, 1.807) is 0 Å². The zero-order valence-electron chi connectivity index (χ0n) is 9.71. The van der Waals surface area contributed by atoms with E-state index in [2.05, 4.69) is 14.8 Å². The van der Waals surface area contributed by atoms with Gasteiger partial charge in [-0.05, 0) is 13.1 Å². The summed E-state index contributed by atoms with van der Waals surface area (Å²) in [6, 6.07) is 0.741. The molecule has 1 N–H and O–H groups in total. The van der Waals surface area contributed by atoms with Gasteiger partial charge in [0, 0.05) is 11.6 Å². The van der Waals surface area contributed by atoms with Crippen LogP contribution in [0, 0.1) is 11.6 Å². The number of hydrogen-bond donors (Lipinski definition) is 1. The Bertz CT molecular complexity index is 423. The van der Waals surface area contributed by atoms with Crippen LogP contribution in [0.15, 0.2) is 12.1 Å². The van der Waals surface area contributed by atoms with E-state index < -0.39 is 23.6 Å². The molecule has 0 heterocycles. The van der Waals surface area contributed by atoms with Crippen LogP contribution in [-0.4, -0.2) is 27.2 Å². The minimum atomic E-state index is -1.06. The number of methoxy groups -OCH3 is 2. The van der Waals surface area contributed by atoms with Gasteiger partial charge < -0.3 is 14.8 Å². The summed E-state index contributed by atoms with van der Waals surface area (Å²) in [6.07, 6.45) is 0. The van der Waals surface area contributed by atoms with E-state index in [0.717, 1.165) is 12.1 Å². The molecule has 0 fully saturated rings. The Morgan fingerprint density at radius 3 is 2.41 bits per heavy atom. The number of nitrogens with one attached hydrogen (secondary N) is 1. The normalized spacial score (nSPS) is 12.1. The van der Waals surface area contributed by atoms with Crippen LogP contribution in [0.4, 0.5) is 8.78 Å². The molecule has 0 amide bonds. The molecule has 0 saturated heterocycles. The van der Waals surface area contributed by atoms with Crippen molar-refractivity contribution in [3.8, 4) is 5.75 Å². The molecule has 1 rings (SSSR count). The monoisotopic (exact) mass is 245 g/mol. The van der Waals surface area contributed by atoms with Crippen molar-refractivity contribution >= 4 is 5.97 Å². The first-order valence-corrected chi connectivity index (χ1v) is 4.83. The van der Waals surface area contributed by atoms with Crippen LogP contribution in [0.2, 0.25) is 0 Å². The summed E-state index contributed by atoms with van der Waals surface area (Å²) >= 11 is 0. The molecule has 94 valence electrons. The van der Waals surface area contributed by atoms with E-state index in [-0.39, 0.29) is 11.3 Å². The molecule has 0 aliphatic rings. The van der Waals surface area contributed by atoms with Crippen molar-refractivity contribution in [2.45, 2.75) is 6.04 Å². The number of hydrogen-bond acceptors (Lipinski definition) is 4. The molecule has 0 aromatic heterocycles. The first-order valence-electron chi connectivity index (χ1n) is 4.83. The van der Waals surface area contributed by atoms with Gasteiger partial charge in [0.1, 0.15) is 11.9 Å². The van der Waals surface area contributed by atoms with E-state index in [1.165, 1.54) is 21.3 Å².